The molecule has 1 aromatic rings. The summed E-state index contributed by atoms with van der Waals surface area (Å²) in [7, 11) is 0. The number of urea groups is 1. The highest BCUT2D eigenvalue weighted by molar-refractivity contribution is 5.91. The second-order valence-corrected chi connectivity index (χ2v) is 5.75. The highest BCUT2D eigenvalue weighted by Crippen LogP contribution is 2.21. The molecule has 0 unspecified atom stereocenters. The van der Waals surface area contributed by atoms with Crippen LogP contribution in [0.15, 0.2) is 24.3 Å². The van der Waals surface area contributed by atoms with Gasteiger partial charge in [-0.2, -0.15) is 0 Å². The first kappa shape index (κ1) is 15.6. The van der Waals surface area contributed by atoms with Gasteiger partial charge in [0, 0.05) is 18.0 Å². The maximum Gasteiger partial charge on any atom is 0.414 e. The molecule has 0 radical (unpaired) electrons. The van der Waals surface area contributed by atoms with Gasteiger partial charge in [-0.3, -0.25) is 4.90 Å². The zero-order valence-corrected chi connectivity index (χ0v) is 13.1. The number of carbonyl (C=O) groups is 2. The predicted molar refractivity (Wildman–Crippen MR) is 85.7 cm³/mol. The summed E-state index contributed by atoms with van der Waals surface area (Å²) in [5, 5.41) is 5.67. The number of anilines is 2. The summed E-state index contributed by atoms with van der Waals surface area (Å²) in [6, 6.07) is 6.80. The Balaban J connectivity index is 1.53. The van der Waals surface area contributed by atoms with Crippen molar-refractivity contribution in [3.63, 3.8) is 0 Å². The summed E-state index contributed by atoms with van der Waals surface area (Å²) >= 11 is 0. The second-order valence-electron chi connectivity index (χ2n) is 5.75. The molecular formula is C16H21N3O4. The van der Waals surface area contributed by atoms with Gasteiger partial charge < -0.3 is 20.1 Å². The van der Waals surface area contributed by atoms with Gasteiger partial charge in [0.15, 0.2) is 0 Å². The molecule has 2 atom stereocenters. The van der Waals surface area contributed by atoms with E-state index in [-0.39, 0.29) is 24.3 Å². The van der Waals surface area contributed by atoms with Crippen molar-refractivity contribution in [1.29, 1.82) is 0 Å². The minimum Gasteiger partial charge on any atom is -0.447 e. The highest BCUT2D eigenvalue weighted by atomic mass is 16.6. The van der Waals surface area contributed by atoms with Gasteiger partial charge in [0.05, 0.1) is 18.7 Å². The van der Waals surface area contributed by atoms with Crippen molar-refractivity contribution in [2.45, 2.75) is 31.9 Å². The Morgan fingerprint density at radius 2 is 2.09 bits per heavy atom. The van der Waals surface area contributed by atoms with Crippen molar-refractivity contribution in [3.8, 4) is 0 Å². The van der Waals surface area contributed by atoms with Crippen molar-refractivity contribution >= 4 is 23.5 Å². The number of carbonyl (C=O) groups excluding carboxylic acids is 2. The van der Waals surface area contributed by atoms with Crippen molar-refractivity contribution in [2.75, 3.05) is 30.0 Å². The van der Waals surface area contributed by atoms with Crippen LogP contribution in [0, 0.1) is 0 Å². The maximum absolute atomic E-state index is 12.0. The van der Waals surface area contributed by atoms with Crippen LogP contribution >= 0.6 is 0 Å². The maximum atomic E-state index is 12.0. The first-order valence-corrected chi connectivity index (χ1v) is 7.87. The van der Waals surface area contributed by atoms with Crippen LogP contribution in [0.25, 0.3) is 0 Å². The third-order valence-electron chi connectivity index (χ3n) is 4.08. The van der Waals surface area contributed by atoms with E-state index >= 15 is 0 Å². The van der Waals surface area contributed by atoms with Crippen LogP contribution in [-0.2, 0) is 9.47 Å². The Morgan fingerprint density at radius 1 is 1.30 bits per heavy atom. The summed E-state index contributed by atoms with van der Waals surface area (Å²) in [5.74, 6) is 0. The molecule has 1 aromatic carbocycles. The van der Waals surface area contributed by atoms with Crippen LogP contribution in [-0.4, -0.2) is 44.0 Å². The van der Waals surface area contributed by atoms with Crippen molar-refractivity contribution < 1.29 is 19.1 Å². The lowest BCUT2D eigenvalue weighted by Gasteiger charge is -2.20. The minimum absolute atomic E-state index is 0.0313. The van der Waals surface area contributed by atoms with E-state index < -0.39 is 0 Å². The summed E-state index contributed by atoms with van der Waals surface area (Å²) in [5.41, 5.74) is 1.42. The summed E-state index contributed by atoms with van der Waals surface area (Å²) in [6.07, 6.45) is 1.76. The largest absolute Gasteiger partial charge is 0.447 e. The monoisotopic (exact) mass is 319 g/mol. The van der Waals surface area contributed by atoms with Gasteiger partial charge in [0.1, 0.15) is 6.61 Å². The van der Waals surface area contributed by atoms with Crippen molar-refractivity contribution in [2.24, 2.45) is 0 Å². The zero-order valence-electron chi connectivity index (χ0n) is 13.1. The van der Waals surface area contributed by atoms with Crippen LogP contribution in [0.4, 0.5) is 21.0 Å². The molecule has 124 valence electrons. The number of ether oxygens (including phenoxy) is 2. The van der Waals surface area contributed by atoms with Gasteiger partial charge in [-0.15, -0.1) is 0 Å². The average molecular weight is 319 g/mol. The summed E-state index contributed by atoms with van der Waals surface area (Å²) in [4.78, 5) is 25.1. The molecular weight excluding hydrogens is 298 g/mol. The van der Waals surface area contributed by atoms with Gasteiger partial charge in [0.25, 0.3) is 0 Å². The van der Waals surface area contributed by atoms with Crippen molar-refractivity contribution in [3.05, 3.63) is 24.3 Å². The number of nitrogens with one attached hydrogen (secondary N) is 2. The lowest BCUT2D eigenvalue weighted by atomic mass is 10.1. The Morgan fingerprint density at radius 3 is 2.70 bits per heavy atom. The Bertz CT molecular complexity index is 569. The number of rotatable bonds is 4. The van der Waals surface area contributed by atoms with Gasteiger partial charge in [0.2, 0.25) is 0 Å². The van der Waals surface area contributed by atoms with Crippen molar-refractivity contribution in [1.82, 2.24) is 5.32 Å². The van der Waals surface area contributed by atoms with E-state index in [0.717, 1.165) is 25.1 Å². The number of amides is 3. The second kappa shape index (κ2) is 6.87. The quantitative estimate of drug-likeness (QED) is 0.892. The predicted octanol–water partition coefficient (Wildman–Crippen LogP) is 2.33. The number of hydrogen-bond acceptors (Lipinski definition) is 4. The molecule has 2 heterocycles. The fourth-order valence-corrected chi connectivity index (χ4v) is 2.82. The van der Waals surface area contributed by atoms with E-state index in [2.05, 4.69) is 10.6 Å². The smallest absolute Gasteiger partial charge is 0.414 e. The number of cyclic esters (lactones) is 1. The van der Waals surface area contributed by atoms with Crippen LogP contribution in [0.5, 0.6) is 0 Å². The molecule has 2 fully saturated rings. The standard InChI is InChI=1S/C16H21N3O4/c1-11(14-3-2-9-22-14)17-15(20)18-12-4-6-13(7-5-12)19-8-10-23-16(19)21/h4-7,11,14H,2-3,8-10H2,1H3,(H2,17,18,20)/t11-,14-/m1/s1. The SMILES string of the molecule is C[C@@H](NC(=O)Nc1ccc(N2CCOC2=O)cc1)[C@H]1CCCO1. The minimum atomic E-state index is -0.339. The summed E-state index contributed by atoms with van der Waals surface area (Å²) in [6.45, 7) is 3.66. The molecule has 7 nitrogen and oxygen atoms in total. The van der Waals surface area contributed by atoms with Gasteiger partial charge >= 0.3 is 12.1 Å². The molecule has 3 amide bonds. The van der Waals surface area contributed by atoms with Crippen LogP contribution in [0.1, 0.15) is 19.8 Å². The van der Waals surface area contributed by atoms with Crippen LogP contribution in [0.3, 0.4) is 0 Å². The first-order valence-electron chi connectivity index (χ1n) is 7.87. The molecule has 2 aliphatic rings. The van der Waals surface area contributed by atoms with E-state index in [1.54, 1.807) is 29.2 Å². The van der Waals surface area contributed by atoms with E-state index in [1.807, 2.05) is 6.92 Å². The molecule has 0 bridgehead atoms. The molecule has 3 rings (SSSR count). The molecule has 2 aliphatic heterocycles. The van der Waals surface area contributed by atoms with E-state index in [4.69, 9.17) is 9.47 Å². The van der Waals surface area contributed by atoms with E-state index in [9.17, 15) is 9.59 Å². The van der Waals surface area contributed by atoms with Gasteiger partial charge in [-0.05, 0) is 44.0 Å². The molecule has 0 aromatic heterocycles. The van der Waals surface area contributed by atoms with Gasteiger partial charge in [-0.1, -0.05) is 0 Å². The molecule has 7 heteroatoms. The fourth-order valence-electron chi connectivity index (χ4n) is 2.82. The zero-order chi connectivity index (χ0) is 16.2. The average Bonchev–Trinajstić information content (AvgIpc) is 3.19. The van der Waals surface area contributed by atoms with E-state index in [1.165, 1.54) is 0 Å². The number of nitrogens with zero attached hydrogens (tertiary/aromatic N) is 1. The highest BCUT2D eigenvalue weighted by Gasteiger charge is 2.24. The molecule has 0 saturated carbocycles. The molecule has 2 N–H and O–H groups in total. The molecule has 23 heavy (non-hydrogen) atoms. The van der Waals surface area contributed by atoms with Crippen LogP contribution in [0.2, 0.25) is 0 Å². The normalized spacial score (nSPS) is 21.9. The third-order valence-corrected chi connectivity index (χ3v) is 4.08. The third kappa shape index (κ3) is 3.73. The van der Waals surface area contributed by atoms with Crippen LogP contribution < -0.4 is 15.5 Å². The number of hydrogen-bond donors (Lipinski definition) is 2. The molecule has 0 aliphatic carbocycles. The molecule has 2 saturated heterocycles. The van der Waals surface area contributed by atoms with Gasteiger partial charge in [-0.25, -0.2) is 9.59 Å². The first-order chi connectivity index (χ1) is 11.1. The number of benzene rings is 1. The Hall–Kier alpha value is -2.28. The lowest BCUT2D eigenvalue weighted by Crippen LogP contribution is -2.42. The topological polar surface area (TPSA) is 79.9 Å². The fraction of sp³-hybridized carbons (Fsp3) is 0.500. The Kier molecular flexibility index (Phi) is 4.66. The Labute approximate surface area is 134 Å². The summed E-state index contributed by atoms with van der Waals surface area (Å²) < 4.78 is 10.5. The lowest BCUT2D eigenvalue weighted by molar-refractivity contribution is 0.0868. The van der Waals surface area contributed by atoms with E-state index in [0.29, 0.717) is 18.8 Å². The molecule has 0 spiro atoms.